The molecular weight excluding hydrogens is 527 g/mol. The van der Waals surface area contributed by atoms with Crippen LogP contribution in [0.2, 0.25) is 0 Å². The van der Waals surface area contributed by atoms with Gasteiger partial charge in [-0.2, -0.15) is 5.06 Å². The van der Waals surface area contributed by atoms with Crippen molar-refractivity contribution in [1.82, 2.24) is 14.9 Å². The Hall–Kier alpha value is -1.51. The molecule has 1 aromatic heterocycles. The van der Waals surface area contributed by atoms with Gasteiger partial charge in [0.15, 0.2) is 5.37 Å². The summed E-state index contributed by atoms with van der Waals surface area (Å²) in [6.45, 7) is 4.73. The van der Waals surface area contributed by atoms with Gasteiger partial charge in [-0.05, 0) is 37.6 Å². The van der Waals surface area contributed by atoms with Gasteiger partial charge in [0.2, 0.25) is 15.7 Å². The number of hydrogen-bond acceptors (Lipinski definition) is 10. The number of aryl methyl sites for hydroxylation is 1. The molecule has 2 heterocycles. The van der Waals surface area contributed by atoms with Crippen molar-refractivity contribution < 1.29 is 27.9 Å². The first kappa shape index (κ1) is 30.5. The van der Waals surface area contributed by atoms with Crippen LogP contribution < -0.4 is 10.5 Å². The Bertz CT molecular complexity index is 1020. The lowest BCUT2D eigenvalue weighted by atomic mass is 10.1. The van der Waals surface area contributed by atoms with E-state index >= 15 is 0 Å². The highest BCUT2D eigenvalue weighted by Crippen LogP contribution is 2.34. The number of ether oxygens (including phenoxy) is 2. The maximum atomic E-state index is 13.6. The molecule has 1 saturated heterocycles. The highest BCUT2D eigenvalue weighted by atomic mass is 35.5. The molecule has 1 aliphatic rings. The smallest absolute Gasteiger partial charge is 0.237 e. The first-order valence-electron chi connectivity index (χ1n) is 10.1. The van der Waals surface area contributed by atoms with E-state index in [2.05, 4.69) is 9.88 Å². The number of primary amides is 1. The van der Waals surface area contributed by atoms with Gasteiger partial charge in [0.05, 0.1) is 35.9 Å². The van der Waals surface area contributed by atoms with E-state index in [0.29, 0.717) is 48.7 Å². The molecule has 0 bridgehead atoms. The molecule has 34 heavy (non-hydrogen) atoms. The lowest BCUT2D eigenvalue weighted by molar-refractivity contribution is -0.161. The first-order valence-corrected chi connectivity index (χ1v) is 12.5. The van der Waals surface area contributed by atoms with Crippen LogP contribution in [0.3, 0.4) is 0 Å². The average molecular weight is 558 g/mol. The number of thiazole rings is 1. The lowest BCUT2D eigenvalue weighted by Crippen LogP contribution is -2.49. The van der Waals surface area contributed by atoms with Crippen molar-refractivity contribution in [3.8, 4) is 5.75 Å². The van der Waals surface area contributed by atoms with E-state index in [4.69, 9.17) is 15.2 Å². The van der Waals surface area contributed by atoms with Gasteiger partial charge in [-0.15, -0.1) is 36.2 Å². The van der Waals surface area contributed by atoms with Gasteiger partial charge in [0, 0.05) is 25.0 Å². The highest BCUT2D eigenvalue weighted by Gasteiger charge is 2.41. The Morgan fingerprint density at radius 2 is 1.91 bits per heavy atom. The van der Waals surface area contributed by atoms with E-state index in [1.165, 1.54) is 42.7 Å². The topological polar surface area (TPSA) is 135 Å². The second kappa shape index (κ2) is 13.5. The summed E-state index contributed by atoms with van der Waals surface area (Å²) in [4.78, 5) is 18.6. The Balaban J connectivity index is 0.00000289. The van der Waals surface area contributed by atoms with Gasteiger partial charge in [0.25, 0.3) is 0 Å². The molecule has 1 amide bonds. The number of morpholine rings is 1. The minimum Gasteiger partial charge on any atom is -0.497 e. The number of carbonyl (C=O) groups is 1. The molecule has 2 atom stereocenters. The minimum atomic E-state index is -4.16. The third kappa shape index (κ3) is 7.25. The molecule has 1 aromatic carbocycles. The molecule has 10 nitrogen and oxygen atoms in total. The molecule has 0 saturated carbocycles. The number of halogens is 2. The summed E-state index contributed by atoms with van der Waals surface area (Å²) in [7, 11) is -2.69. The maximum Gasteiger partial charge on any atom is 0.237 e. The SMILES string of the molecule is COc1ccc(S(=O)(=O)C(c2csc(C)n2)N(O)C(CCN2CCOCC2)C(N)=O)cc1.Cl.Cl. The van der Waals surface area contributed by atoms with Crippen molar-refractivity contribution in [3.63, 3.8) is 0 Å². The molecule has 3 N–H and O–H groups in total. The van der Waals surface area contributed by atoms with Crippen molar-refractivity contribution >= 4 is 51.9 Å². The predicted molar refractivity (Wildman–Crippen MR) is 133 cm³/mol. The zero-order valence-corrected chi connectivity index (χ0v) is 22.1. The van der Waals surface area contributed by atoms with Crippen molar-refractivity contribution in [3.05, 3.63) is 40.3 Å². The summed E-state index contributed by atoms with van der Waals surface area (Å²) in [6, 6.07) is 4.59. The highest BCUT2D eigenvalue weighted by molar-refractivity contribution is 7.91. The summed E-state index contributed by atoms with van der Waals surface area (Å²) in [5.74, 6) is -0.325. The average Bonchev–Trinajstić information content (AvgIpc) is 3.19. The number of hydroxylamine groups is 2. The number of hydrogen-bond donors (Lipinski definition) is 2. The van der Waals surface area contributed by atoms with Gasteiger partial charge in [-0.25, -0.2) is 13.4 Å². The van der Waals surface area contributed by atoms with E-state index in [0.717, 1.165) is 0 Å². The second-order valence-corrected chi connectivity index (χ2v) is 10.5. The molecule has 3 rings (SSSR count). The second-order valence-electron chi connectivity index (χ2n) is 7.41. The minimum absolute atomic E-state index is 0. The molecular formula is C20H30Cl2N4O6S2. The summed E-state index contributed by atoms with van der Waals surface area (Å²) >= 11 is 1.25. The van der Waals surface area contributed by atoms with E-state index < -0.39 is 27.2 Å². The molecule has 0 radical (unpaired) electrons. The monoisotopic (exact) mass is 556 g/mol. The number of benzene rings is 1. The van der Waals surface area contributed by atoms with Crippen molar-refractivity contribution in [1.29, 1.82) is 0 Å². The summed E-state index contributed by atoms with van der Waals surface area (Å²) < 4.78 is 37.5. The van der Waals surface area contributed by atoms with E-state index in [1.807, 2.05) is 0 Å². The van der Waals surface area contributed by atoms with Crippen molar-refractivity contribution in [2.24, 2.45) is 5.73 Å². The van der Waals surface area contributed by atoms with Gasteiger partial charge < -0.3 is 20.4 Å². The fourth-order valence-electron chi connectivity index (χ4n) is 3.52. The van der Waals surface area contributed by atoms with Gasteiger partial charge >= 0.3 is 0 Å². The van der Waals surface area contributed by atoms with Crippen LogP contribution in [-0.4, -0.2) is 80.5 Å². The zero-order chi connectivity index (χ0) is 23.3. The molecule has 192 valence electrons. The third-order valence-corrected chi connectivity index (χ3v) is 8.05. The third-order valence-electron chi connectivity index (χ3n) is 5.28. The van der Waals surface area contributed by atoms with Crippen LogP contribution in [-0.2, 0) is 19.4 Å². The normalized spacial score (nSPS) is 16.2. The number of amides is 1. The van der Waals surface area contributed by atoms with Gasteiger partial charge in [-0.3, -0.25) is 9.69 Å². The van der Waals surface area contributed by atoms with Crippen LogP contribution in [0.15, 0.2) is 34.5 Å². The summed E-state index contributed by atoms with van der Waals surface area (Å²) in [6.07, 6.45) is 0.156. The number of methoxy groups -OCH3 is 1. The molecule has 2 unspecified atom stereocenters. The van der Waals surface area contributed by atoms with Crippen LogP contribution in [0.4, 0.5) is 0 Å². The quantitative estimate of drug-likeness (QED) is 0.421. The molecule has 1 fully saturated rings. The van der Waals surface area contributed by atoms with Gasteiger partial charge in [0.1, 0.15) is 11.8 Å². The first-order chi connectivity index (χ1) is 15.2. The number of aromatic nitrogens is 1. The predicted octanol–water partition coefficient (Wildman–Crippen LogP) is 2.04. The van der Waals surface area contributed by atoms with Gasteiger partial charge in [-0.1, -0.05) is 0 Å². The van der Waals surface area contributed by atoms with Crippen LogP contribution >= 0.6 is 36.2 Å². The number of nitrogens with zero attached hydrogens (tertiary/aromatic N) is 3. The van der Waals surface area contributed by atoms with Crippen LogP contribution in [0, 0.1) is 6.92 Å². The molecule has 2 aromatic rings. The Kier molecular flexibility index (Phi) is 12.2. The lowest BCUT2D eigenvalue weighted by Gasteiger charge is -2.32. The Morgan fingerprint density at radius 1 is 1.29 bits per heavy atom. The number of carbonyl (C=O) groups excluding carboxylic acids is 1. The maximum absolute atomic E-state index is 13.6. The number of nitrogens with two attached hydrogens (primary N) is 1. The largest absolute Gasteiger partial charge is 0.497 e. The van der Waals surface area contributed by atoms with E-state index in [9.17, 15) is 18.4 Å². The Morgan fingerprint density at radius 3 is 2.41 bits per heavy atom. The summed E-state index contributed by atoms with van der Waals surface area (Å²) in [5, 5.41) is 12.2. The number of rotatable bonds is 10. The fraction of sp³-hybridized carbons (Fsp3) is 0.500. The molecule has 14 heteroatoms. The molecule has 1 aliphatic heterocycles. The standard InChI is InChI=1S/C20H28N4O6S2.2ClH/c1-14-22-17(13-31-14)20(32(27,28)16-5-3-15(29-2)4-6-16)24(26)18(19(21)25)7-8-23-9-11-30-12-10-23;;/h3-6,13,18,20,26H,7-12H2,1-2H3,(H2,21,25);2*1H. The van der Waals surface area contributed by atoms with Crippen LogP contribution in [0.1, 0.15) is 22.5 Å². The molecule has 0 spiro atoms. The van der Waals surface area contributed by atoms with E-state index in [-0.39, 0.29) is 41.8 Å². The number of sulfone groups is 1. The molecule has 0 aliphatic carbocycles. The Labute approximate surface area is 215 Å². The van der Waals surface area contributed by atoms with Crippen molar-refractivity contribution in [2.75, 3.05) is 40.0 Å². The fourth-order valence-corrected chi connectivity index (χ4v) is 5.88. The summed E-state index contributed by atoms with van der Waals surface area (Å²) in [5.41, 5.74) is 5.71. The van der Waals surface area contributed by atoms with E-state index in [1.54, 1.807) is 12.3 Å². The van der Waals surface area contributed by atoms with Crippen LogP contribution in [0.5, 0.6) is 5.75 Å². The van der Waals surface area contributed by atoms with Crippen LogP contribution in [0.25, 0.3) is 0 Å². The van der Waals surface area contributed by atoms with Crippen molar-refractivity contribution in [2.45, 2.75) is 29.7 Å². The zero-order valence-electron chi connectivity index (χ0n) is 18.8.